The quantitative estimate of drug-likeness (QED) is 0.435. The van der Waals surface area contributed by atoms with E-state index in [1.165, 1.54) is 6.07 Å². The second-order valence-electron chi connectivity index (χ2n) is 5.33. The van der Waals surface area contributed by atoms with Gasteiger partial charge < -0.3 is 10.6 Å². The molecule has 10 heteroatoms. The first-order valence-corrected chi connectivity index (χ1v) is 7.78. The molecule has 0 unspecified atom stereocenters. The molecule has 0 spiro atoms. The predicted octanol–water partition coefficient (Wildman–Crippen LogP) is 6.49. The highest BCUT2D eigenvalue weighted by Crippen LogP contribution is 2.37. The van der Waals surface area contributed by atoms with Gasteiger partial charge in [0.05, 0.1) is 11.1 Å². The highest BCUT2D eigenvalue weighted by Gasteiger charge is 2.37. The summed E-state index contributed by atoms with van der Waals surface area (Å²) in [4.78, 5) is 0. The van der Waals surface area contributed by atoms with Crippen LogP contribution in [0.5, 0.6) is 0 Å². The lowest BCUT2D eigenvalue weighted by molar-refractivity contribution is -0.143. The van der Waals surface area contributed by atoms with Gasteiger partial charge >= 0.3 is 12.4 Å². The van der Waals surface area contributed by atoms with E-state index in [1.54, 1.807) is 19.1 Å². The second kappa shape index (κ2) is 7.32. The Morgan fingerprint density at radius 2 is 1.42 bits per heavy atom. The van der Waals surface area contributed by atoms with Crippen molar-refractivity contribution in [2.75, 3.05) is 10.6 Å². The van der Waals surface area contributed by atoms with Gasteiger partial charge in [-0.05, 0) is 55.0 Å². The Balaban J connectivity index is 2.30. The molecule has 0 aromatic heterocycles. The molecule has 0 radical (unpaired) electrons. The van der Waals surface area contributed by atoms with Crippen molar-refractivity contribution in [3.8, 4) is 0 Å². The van der Waals surface area contributed by atoms with E-state index < -0.39 is 29.2 Å². The van der Waals surface area contributed by atoms with Gasteiger partial charge in [-0.2, -0.15) is 26.3 Å². The van der Waals surface area contributed by atoms with Gasteiger partial charge in [0.25, 0.3) is 0 Å². The van der Waals surface area contributed by atoms with Gasteiger partial charge in [0.1, 0.15) is 0 Å². The lowest BCUT2D eigenvalue weighted by Gasteiger charge is -2.17. The first-order chi connectivity index (χ1) is 11.9. The summed E-state index contributed by atoms with van der Waals surface area (Å²) >= 11 is 10.8. The Morgan fingerprint density at radius 3 is 1.92 bits per heavy atom. The van der Waals surface area contributed by atoms with E-state index in [1.807, 2.05) is 0 Å². The second-order valence-corrected chi connectivity index (χ2v) is 6.18. The van der Waals surface area contributed by atoms with Gasteiger partial charge in [-0.15, -0.1) is 0 Å². The number of anilines is 2. The molecule has 0 aliphatic rings. The van der Waals surface area contributed by atoms with Crippen LogP contribution in [0.1, 0.15) is 16.7 Å². The van der Waals surface area contributed by atoms with Crippen molar-refractivity contribution in [3.05, 3.63) is 58.1 Å². The first kappa shape index (κ1) is 20.3. The van der Waals surface area contributed by atoms with Crippen molar-refractivity contribution in [1.29, 1.82) is 0 Å². The number of aryl methyl sites for hydroxylation is 1. The molecule has 2 N–H and O–H groups in total. The SMILES string of the molecule is Cc1ccc(Cl)cc1NC(=S)Nc1cc(C(F)(F)F)cc(C(F)(F)F)c1. The predicted molar refractivity (Wildman–Crippen MR) is 92.5 cm³/mol. The molecule has 26 heavy (non-hydrogen) atoms. The van der Waals surface area contributed by atoms with Crippen LogP contribution in [0.4, 0.5) is 37.7 Å². The highest BCUT2D eigenvalue weighted by molar-refractivity contribution is 7.80. The van der Waals surface area contributed by atoms with Crippen LogP contribution in [-0.2, 0) is 12.4 Å². The largest absolute Gasteiger partial charge is 0.416 e. The first-order valence-electron chi connectivity index (χ1n) is 7.00. The number of hydrogen-bond acceptors (Lipinski definition) is 1. The summed E-state index contributed by atoms with van der Waals surface area (Å²) in [6.45, 7) is 1.73. The topological polar surface area (TPSA) is 24.1 Å². The number of nitrogens with one attached hydrogen (secondary N) is 2. The van der Waals surface area contributed by atoms with Crippen molar-refractivity contribution >= 4 is 40.3 Å². The summed E-state index contributed by atoms with van der Waals surface area (Å²) in [6, 6.07) is 5.98. The smallest absolute Gasteiger partial charge is 0.332 e. The maximum absolute atomic E-state index is 12.9. The lowest BCUT2D eigenvalue weighted by Crippen LogP contribution is -2.21. The minimum Gasteiger partial charge on any atom is -0.332 e. The zero-order valence-electron chi connectivity index (χ0n) is 13.0. The average Bonchev–Trinajstić information content (AvgIpc) is 2.49. The Labute approximate surface area is 155 Å². The molecule has 0 heterocycles. The number of benzene rings is 2. The number of alkyl halides is 6. The van der Waals surface area contributed by atoms with E-state index in [2.05, 4.69) is 10.6 Å². The zero-order chi connectivity index (χ0) is 19.7. The van der Waals surface area contributed by atoms with Gasteiger partial charge in [0.2, 0.25) is 0 Å². The summed E-state index contributed by atoms with van der Waals surface area (Å²) < 4.78 is 77.2. The summed E-state index contributed by atoms with van der Waals surface area (Å²) in [5.74, 6) is 0. The fourth-order valence-corrected chi connectivity index (χ4v) is 2.44. The molecule has 2 aromatic rings. The van der Waals surface area contributed by atoms with Crippen molar-refractivity contribution in [3.63, 3.8) is 0 Å². The molecule has 0 aliphatic carbocycles. The third kappa shape index (κ3) is 5.25. The Hall–Kier alpha value is -2.00. The van der Waals surface area contributed by atoms with Gasteiger partial charge in [-0.3, -0.25) is 0 Å². The molecule has 0 saturated carbocycles. The number of halogens is 7. The molecule has 2 rings (SSSR count). The monoisotopic (exact) mass is 412 g/mol. The molecule has 0 aliphatic heterocycles. The molecule has 0 bridgehead atoms. The summed E-state index contributed by atoms with van der Waals surface area (Å²) in [5, 5.41) is 5.24. The minimum atomic E-state index is -4.93. The fraction of sp³-hybridized carbons (Fsp3) is 0.188. The fourth-order valence-electron chi connectivity index (χ4n) is 2.04. The third-order valence-electron chi connectivity index (χ3n) is 3.29. The van der Waals surface area contributed by atoms with Crippen LogP contribution in [0, 0.1) is 6.92 Å². The van der Waals surface area contributed by atoms with Crippen LogP contribution in [0.2, 0.25) is 5.02 Å². The third-order valence-corrected chi connectivity index (χ3v) is 3.73. The van der Waals surface area contributed by atoms with Gasteiger partial charge in [0, 0.05) is 16.4 Å². The highest BCUT2D eigenvalue weighted by atomic mass is 35.5. The van der Waals surface area contributed by atoms with Crippen LogP contribution in [0.25, 0.3) is 0 Å². The Morgan fingerprint density at radius 1 is 0.885 bits per heavy atom. The van der Waals surface area contributed by atoms with Gasteiger partial charge in [-0.1, -0.05) is 17.7 Å². The maximum Gasteiger partial charge on any atom is 0.416 e. The van der Waals surface area contributed by atoms with E-state index in [-0.39, 0.29) is 11.2 Å². The Bertz CT molecular complexity index is 800. The molecule has 2 aromatic carbocycles. The molecule has 140 valence electrons. The molecule has 2 nitrogen and oxygen atoms in total. The van der Waals surface area contributed by atoms with Crippen LogP contribution in [0.15, 0.2) is 36.4 Å². The van der Waals surface area contributed by atoms with Crippen molar-refractivity contribution in [2.45, 2.75) is 19.3 Å². The van der Waals surface area contributed by atoms with E-state index in [0.29, 0.717) is 22.8 Å². The van der Waals surface area contributed by atoms with E-state index in [4.69, 9.17) is 23.8 Å². The molecular formula is C16H11ClF6N2S. The number of hydrogen-bond donors (Lipinski definition) is 2. The maximum atomic E-state index is 12.9. The molecule has 0 atom stereocenters. The summed E-state index contributed by atoms with van der Waals surface area (Å²) in [5.41, 5.74) is -2.10. The van der Waals surface area contributed by atoms with Crippen molar-refractivity contribution < 1.29 is 26.3 Å². The van der Waals surface area contributed by atoms with Crippen molar-refractivity contribution in [1.82, 2.24) is 0 Å². The standard InChI is InChI=1S/C16H11ClF6N2S/c1-8-2-3-11(17)7-13(8)25-14(26)24-12-5-9(15(18,19)20)4-10(6-12)16(21,22)23/h2-7H,1H3,(H2,24,25,26). The number of thiocarbonyl (C=S) groups is 1. The van der Waals surface area contributed by atoms with Crippen LogP contribution in [-0.4, -0.2) is 5.11 Å². The molecule has 0 fully saturated rings. The van der Waals surface area contributed by atoms with E-state index in [9.17, 15) is 26.3 Å². The molecule has 0 saturated heterocycles. The van der Waals surface area contributed by atoms with Crippen LogP contribution in [0.3, 0.4) is 0 Å². The normalized spacial score (nSPS) is 12.0. The van der Waals surface area contributed by atoms with Crippen LogP contribution < -0.4 is 10.6 Å². The van der Waals surface area contributed by atoms with Gasteiger partial charge in [0.15, 0.2) is 5.11 Å². The van der Waals surface area contributed by atoms with Crippen LogP contribution >= 0.6 is 23.8 Å². The summed E-state index contributed by atoms with van der Waals surface area (Å²) in [7, 11) is 0. The van der Waals surface area contributed by atoms with Gasteiger partial charge in [-0.25, -0.2) is 0 Å². The average molecular weight is 413 g/mol. The lowest BCUT2D eigenvalue weighted by atomic mass is 10.1. The molecule has 0 amide bonds. The minimum absolute atomic E-state index is 0.0444. The van der Waals surface area contributed by atoms with Crippen molar-refractivity contribution in [2.24, 2.45) is 0 Å². The Kier molecular flexibility index (Phi) is 5.72. The number of rotatable bonds is 2. The molecular weight excluding hydrogens is 402 g/mol. The summed E-state index contributed by atoms with van der Waals surface area (Å²) in [6.07, 6.45) is -9.87. The zero-order valence-corrected chi connectivity index (χ0v) is 14.6. The van der Waals surface area contributed by atoms with E-state index in [0.717, 1.165) is 5.56 Å². The van der Waals surface area contributed by atoms with E-state index >= 15 is 0 Å².